The van der Waals surface area contributed by atoms with Crippen molar-refractivity contribution in [3.8, 4) is 0 Å². The zero-order valence-electron chi connectivity index (χ0n) is 17.8. The molecule has 2 saturated heterocycles. The van der Waals surface area contributed by atoms with Crippen molar-refractivity contribution in [3.05, 3.63) is 66.2 Å². The highest BCUT2D eigenvalue weighted by Gasteiger charge is 2.54. The first kappa shape index (κ1) is 20.9. The van der Waals surface area contributed by atoms with Gasteiger partial charge in [0.05, 0.1) is 6.67 Å². The van der Waals surface area contributed by atoms with Gasteiger partial charge in [0, 0.05) is 30.9 Å². The quantitative estimate of drug-likeness (QED) is 0.804. The van der Waals surface area contributed by atoms with E-state index in [0.29, 0.717) is 44.7 Å². The molecular weight excluding hydrogens is 392 g/mol. The largest absolute Gasteiger partial charge is 0.355 e. The fourth-order valence-corrected chi connectivity index (χ4v) is 4.59. The number of hydrogen-bond donors (Lipinski definition) is 1. The van der Waals surface area contributed by atoms with Gasteiger partial charge in [0.2, 0.25) is 5.91 Å². The lowest BCUT2D eigenvalue weighted by molar-refractivity contribution is -0.137. The molecule has 7 nitrogen and oxygen atoms in total. The predicted molar refractivity (Wildman–Crippen MR) is 118 cm³/mol. The Labute approximate surface area is 182 Å². The molecule has 4 rings (SSSR count). The van der Waals surface area contributed by atoms with E-state index >= 15 is 0 Å². The number of nitrogens with one attached hydrogen (secondary N) is 1. The number of rotatable bonds is 5. The van der Waals surface area contributed by atoms with E-state index in [2.05, 4.69) is 10.2 Å². The van der Waals surface area contributed by atoms with Crippen LogP contribution in [0.3, 0.4) is 0 Å². The Morgan fingerprint density at radius 3 is 2.19 bits per heavy atom. The van der Waals surface area contributed by atoms with Crippen LogP contribution in [0.1, 0.15) is 30.1 Å². The first-order valence-electron chi connectivity index (χ1n) is 10.8. The molecule has 0 bridgehead atoms. The molecule has 2 heterocycles. The van der Waals surface area contributed by atoms with E-state index in [-0.39, 0.29) is 24.3 Å². The predicted octanol–water partition coefficient (Wildman–Crippen LogP) is 2.10. The molecule has 0 unspecified atom stereocenters. The second-order valence-corrected chi connectivity index (χ2v) is 8.05. The van der Waals surface area contributed by atoms with Crippen LogP contribution >= 0.6 is 0 Å². The summed E-state index contributed by atoms with van der Waals surface area (Å²) in [5.74, 6) is -0.196. The molecule has 2 fully saturated rings. The van der Waals surface area contributed by atoms with Crippen molar-refractivity contribution in [2.45, 2.75) is 25.3 Å². The minimum atomic E-state index is -0.735. The number of piperidine rings is 1. The Morgan fingerprint density at radius 1 is 0.968 bits per heavy atom. The zero-order chi connectivity index (χ0) is 21.8. The summed E-state index contributed by atoms with van der Waals surface area (Å²) in [6.45, 7) is 3.80. The fraction of sp³-hybridized carbons (Fsp3) is 0.375. The zero-order valence-corrected chi connectivity index (χ0v) is 17.8. The molecule has 0 saturated carbocycles. The van der Waals surface area contributed by atoms with Crippen molar-refractivity contribution in [1.82, 2.24) is 15.1 Å². The number of likely N-dealkylation sites (tertiary alicyclic amines) is 1. The van der Waals surface area contributed by atoms with E-state index in [1.165, 1.54) is 0 Å². The van der Waals surface area contributed by atoms with Crippen LogP contribution in [0.2, 0.25) is 0 Å². The molecule has 3 amide bonds. The molecule has 0 radical (unpaired) electrons. The lowest BCUT2D eigenvalue weighted by atomic mass is 9.85. The van der Waals surface area contributed by atoms with Crippen molar-refractivity contribution in [1.29, 1.82) is 0 Å². The first-order valence-corrected chi connectivity index (χ1v) is 10.8. The summed E-state index contributed by atoms with van der Waals surface area (Å²) < 4.78 is 0. The molecular formula is C24H28N4O3. The van der Waals surface area contributed by atoms with Crippen molar-refractivity contribution in [3.63, 3.8) is 0 Å². The summed E-state index contributed by atoms with van der Waals surface area (Å²) in [5, 5.41) is 2.77. The fourth-order valence-electron chi connectivity index (χ4n) is 4.59. The lowest BCUT2D eigenvalue weighted by Gasteiger charge is -2.43. The summed E-state index contributed by atoms with van der Waals surface area (Å²) in [7, 11) is 0. The monoisotopic (exact) mass is 420 g/mol. The normalized spacial score (nSPS) is 17.8. The van der Waals surface area contributed by atoms with Gasteiger partial charge in [-0.3, -0.25) is 14.4 Å². The van der Waals surface area contributed by atoms with Gasteiger partial charge in [0.1, 0.15) is 12.1 Å². The van der Waals surface area contributed by atoms with Crippen molar-refractivity contribution in [2.24, 2.45) is 0 Å². The van der Waals surface area contributed by atoms with Gasteiger partial charge in [-0.25, -0.2) is 0 Å². The number of amides is 3. The van der Waals surface area contributed by atoms with Crippen molar-refractivity contribution < 1.29 is 14.4 Å². The van der Waals surface area contributed by atoms with E-state index in [0.717, 1.165) is 5.69 Å². The number of carbonyl (C=O) groups excluding carboxylic acids is 3. The molecule has 2 aliphatic rings. The van der Waals surface area contributed by atoms with E-state index in [9.17, 15) is 14.4 Å². The number of likely N-dealkylation sites (N-methyl/N-ethyl adjacent to an activating group) is 1. The topological polar surface area (TPSA) is 73.0 Å². The standard InChI is InChI=1S/C24H28N4O3/c1-2-25-21(29)17-27-18-28(20-11-7-4-8-12-20)24(23(27)31)13-15-26(16-14-24)22(30)19-9-5-3-6-10-19/h3-12H,2,13-18H2,1H3,(H,25,29). The molecule has 0 aromatic heterocycles. The second kappa shape index (κ2) is 8.79. The molecule has 0 aliphatic carbocycles. The third-order valence-corrected chi connectivity index (χ3v) is 6.19. The maximum absolute atomic E-state index is 13.6. The highest BCUT2D eigenvalue weighted by molar-refractivity contribution is 5.97. The van der Waals surface area contributed by atoms with Crippen LogP contribution in [0.5, 0.6) is 0 Å². The summed E-state index contributed by atoms with van der Waals surface area (Å²) in [4.78, 5) is 44.2. The summed E-state index contributed by atoms with van der Waals surface area (Å²) in [5.41, 5.74) is 0.882. The number of nitrogens with zero attached hydrogens (tertiary/aromatic N) is 3. The summed E-state index contributed by atoms with van der Waals surface area (Å²) in [6, 6.07) is 19.1. The van der Waals surface area contributed by atoms with E-state index < -0.39 is 5.54 Å². The lowest BCUT2D eigenvalue weighted by Crippen LogP contribution is -2.57. The SMILES string of the molecule is CCNC(=O)CN1CN(c2ccccc2)C2(CCN(C(=O)c3ccccc3)CC2)C1=O. The Bertz CT molecular complexity index is 940. The molecule has 7 heteroatoms. The number of benzene rings is 2. The second-order valence-electron chi connectivity index (χ2n) is 8.05. The van der Waals surface area contributed by atoms with Crippen LogP contribution in [0, 0.1) is 0 Å². The van der Waals surface area contributed by atoms with Gasteiger partial charge in [-0.15, -0.1) is 0 Å². The third kappa shape index (κ3) is 4.00. The molecule has 1 spiro atoms. The number of anilines is 1. The van der Waals surface area contributed by atoms with Crippen molar-refractivity contribution in [2.75, 3.05) is 37.7 Å². The van der Waals surface area contributed by atoms with Gasteiger partial charge in [-0.2, -0.15) is 0 Å². The van der Waals surface area contributed by atoms with Crippen LogP contribution in [0.4, 0.5) is 5.69 Å². The number of para-hydroxylation sites is 1. The molecule has 2 aromatic rings. The Kier molecular flexibility index (Phi) is 5.93. The maximum Gasteiger partial charge on any atom is 0.253 e. The van der Waals surface area contributed by atoms with E-state index in [1.807, 2.05) is 72.5 Å². The van der Waals surface area contributed by atoms with E-state index in [4.69, 9.17) is 0 Å². The average Bonchev–Trinajstić information content (AvgIpc) is 3.06. The Hall–Kier alpha value is -3.35. The Morgan fingerprint density at radius 2 is 1.58 bits per heavy atom. The smallest absolute Gasteiger partial charge is 0.253 e. The van der Waals surface area contributed by atoms with Crippen LogP contribution in [0.25, 0.3) is 0 Å². The van der Waals surface area contributed by atoms with E-state index in [1.54, 1.807) is 4.90 Å². The molecule has 2 aromatic carbocycles. The highest BCUT2D eigenvalue weighted by Crippen LogP contribution is 2.39. The summed E-state index contributed by atoms with van der Waals surface area (Å²) >= 11 is 0. The minimum Gasteiger partial charge on any atom is -0.355 e. The number of hydrogen-bond acceptors (Lipinski definition) is 4. The minimum absolute atomic E-state index is 0.00802. The molecule has 0 atom stereocenters. The van der Waals surface area contributed by atoms with Gasteiger partial charge in [-0.1, -0.05) is 36.4 Å². The molecule has 1 N–H and O–H groups in total. The molecule has 2 aliphatic heterocycles. The van der Waals surface area contributed by atoms with Crippen LogP contribution in [-0.2, 0) is 9.59 Å². The highest BCUT2D eigenvalue weighted by atomic mass is 16.2. The summed E-state index contributed by atoms with van der Waals surface area (Å²) in [6.07, 6.45) is 1.07. The Balaban J connectivity index is 1.56. The molecule has 31 heavy (non-hydrogen) atoms. The van der Waals surface area contributed by atoms with Crippen LogP contribution in [-0.4, -0.2) is 65.9 Å². The van der Waals surface area contributed by atoms with Gasteiger partial charge in [-0.05, 0) is 44.0 Å². The van der Waals surface area contributed by atoms with Gasteiger partial charge in [0.25, 0.3) is 11.8 Å². The maximum atomic E-state index is 13.6. The van der Waals surface area contributed by atoms with Gasteiger partial charge >= 0.3 is 0 Å². The average molecular weight is 421 g/mol. The third-order valence-electron chi connectivity index (χ3n) is 6.19. The first-order chi connectivity index (χ1) is 15.0. The number of carbonyl (C=O) groups is 3. The van der Waals surface area contributed by atoms with Gasteiger partial charge < -0.3 is 20.0 Å². The molecule has 162 valence electrons. The van der Waals surface area contributed by atoms with Crippen LogP contribution in [0.15, 0.2) is 60.7 Å². The van der Waals surface area contributed by atoms with Gasteiger partial charge in [0.15, 0.2) is 0 Å². The van der Waals surface area contributed by atoms with Crippen molar-refractivity contribution >= 4 is 23.4 Å². The van der Waals surface area contributed by atoms with Crippen LogP contribution < -0.4 is 10.2 Å².